The summed E-state index contributed by atoms with van der Waals surface area (Å²) in [6.07, 6.45) is 0. The van der Waals surface area contributed by atoms with Gasteiger partial charge in [-0.1, -0.05) is 33.6 Å². The van der Waals surface area contributed by atoms with Crippen molar-refractivity contribution in [2.45, 2.75) is 13.0 Å². The second-order valence-corrected chi connectivity index (χ2v) is 5.77. The molecule has 0 aliphatic carbocycles. The first-order valence-electron chi connectivity index (χ1n) is 5.90. The molecule has 1 nitrogen and oxygen atoms in total. The van der Waals surface area contributed by atoms with E-state index >= 15 is 0 Å². The Hall–Kier alpha value is -0.900. The predicted octanol–water partition coefficient (Wildman–Crippen LogP) is 4.86. The van der Waals surface area contributed by atoms with E-state index in [-0.39, 0.29) is 11.9 Å². The summed E-state index contributed by atoms with van der Waals surface area (Å²) in [5.41, 5.74) is 2.67. The Balaban J connectivity index is 2.52. The number of rotatable bonds is 3. The molecule has 19 heavy (non-hydrogen) atoms. The lowest BCUT2D eigenvalue weighted by molar-refractivity contribution is 0.615. The van der Waals surface area contributed by atoms with E-state index in [1.54, 1.807) is 0 Å². The zero-order valence-corrected chi connectivity index (χ0v) is 13.0. The summed E-state index contributed by atoms with van der Waals surface area (Å²) >= 11 is 9.68. The maximum atomic E-state index is 13.6. The van der Waals surface area contributed by atoms with Crippen LogP contribution in [0.2, 0.25) is 5.02 Å². The summed E-state index contributed by atoms with van der Waals surface area (Å²) in [6, 6.07) is 10.5. The Labute approximate surface area is 125 Å². The van der Waals surface area contributed by atoms with Gasteiger partial charge in [-0.2, -0.15) is 0 Å². The van der Waals surface area contributed by atoms with Gasteiger partial charge in [-0.05, 0) is 61.0 Å². The minimum absolute atomic E-state index is 0.139. The van der Waals surface area contributed by atoms with E-state index in [9.17, 15) is 4.39 Å². The van der Waals surface area contributed by atoms with E-state index in [0.717, 1.165) is 21.2 Å². The molecule has 0 spiro atoms. The molecule has 2 aromatic carbocycles. The number of benzene rings is 2. The monoisotopic (exact) mass is 341 g/mol. The van der Waals surface area contributed by atoms with E-state index in [1.807, 2.05) is 38.2 Å². The second kappa shape index (κ2) is 6.04. The Kier molecular flexibility index (Phi) is 4.61. The molecule has 0 saturated carbocycles. The highest BCUT2D eigenvalue weighted by molar-refractivity contribution is 9.10. The van der Waals surface area contributed by atoms with Crippen molar-refractivity contribution in [3.63, 3.8) is 0 Å². The van der Waals surface area contributed by atoms with Crippen molar-refractivity contribution in [3.05, 3.63) is 68.4 Å². The molecule has 0 fully saturated rings. The van der Waals surface area contributed by atoms with Crippen LogP contribution in [0.1, 0.15) is 22.7 Å². The SMILES string of the molecule is CNC(c1cc(C)cc(F)c1)c1cc(Br)ccc1Cl. The highest BCUT2D eigenvalue weighted by Crippen LogP contribution is 2.31. The van der Waals surface area contributed by atoms with Crippen LogP contribution in [-0.2, 0) is 0 Å². The van der Waals surface area contributed by atoms with Crippen molar-refractivity contribution < 1.29 is 4.39 Å². The van der Waals surface area contributed by atoms with Crippen molar-refractivity contribution in [1.29, 1.82) is 0 Å². The van der Waals surface area contributed by atoms with E-state index in [4.69, 9.17) is 11.6 Å². The molecule has 2 rings (SSSR count). The van der Waals surface area contributed by atoms with Gasteiger partial charge in [0.1, 0.15) is 5.82 Å². The highest BCUT2D eigenvalue weighted by atomic mass is 79.9. The zero-order valence-electron chi connectivity index (χ0n) is 10.7. The fourth-order valence-corrected chi connectivity index (χ4v) is 2.77. The highest BCUT2D eigenvalue weighted by Gasteiger charge is 2.16. The molecular weight excluding hydrogens is 329 g/mol. The molecule has 0 aliphatic heterocycles. The van der Waals surface area contributed by atoms with Crippen LogP contribution < -0.4 is 5.32 Å². The van der Waals surface area contributed by atoms with Gasteiger partial charge < -0.3 is 5.32 Å². The van der Waals surface area contributed by atoms with Crippen LogP contribution in [0.3, 0.4) is 0 Å². The van der Waals surface area contributed by atoms with Gasteiger partial charge in [0.25, 0.3) is 0 Å². The first kappa shape index (κ1) is 14.5. The molecule has 0 heterocycles. The number of nitrogens with one attached hydrogen (secondary N) is 1. The number of hydrogen-bond donors (Lipinski definition) is 1. The summed E-state index contributed by atoms with van der Waals surface area (Å²) in [4.78, 5) is 0. The van der Waals surface area contributed by atoms with Crippen LogP contribution in [0, 0.1) is 12.7 Å². The van der Waals surface area contributed by atoms with E-state index in [0.29, 0.717) is 5.02 Å². The van der Waals surface area contributed by atoms with Crippen molar-refractivity contribution in [2.24, 2.45) is 0 Å². The third kappa shape index (κ3) is 3.35. The molecule has 2 aromatic rings. The van der Waals surface area contributed by atoms with Crippen LogP contribution in [0.15, 0.2) is 40.9 Å². The molecule has 0 bridgehead atoms. The molecule has 0 aromatic heterocycles. The summed E-state index contributed by atoms with van der Waals surface area (Å²) in [5.74, 6) is -0.235. The molecule has 1 N–H and O–H groups in total. The Morgan fingerprint density at radius 2 is 1.95 bits per heavy atom. The lowest BCUT2D eigenvalue weighted by Gasteiger charge is -2.19. The van der Waals surface area contributed by atoms with Gasteiger partial charge in [0.2, 0.25) is 0 Å². The zero-order chi connectivity index (χ0) is 14.0. The predicted molar refractivity (Wildman–Crippen MR) is 81.2 cm³/mol. The van der Waals surface area contributed by atoms with Gasteiger partial charge in [-0.3, -0.25) is 0 Å². The van der Waals surface area contributed by atoms with Gasteiger partial charge in [0.15, 0.2) is 0 Å². The molecule has 0 amide bonds. The summed E-state index contributed by atoms with van der Waals surface area (Å²) in [6.45, 7) is 1.88. The van der Waals surface area contributed by atoms with Crippen LogP contribution in [0.4, 0.5) is 4.39 Å². The van der Waals surface area contributed by atoms with Gasteiger partial charge in [-0.15, -0.1) is 0 Å². The maximum Gasteiger partial charge on any atom is 0.123 e. The van der Waals surface area contributed by atoms with Crippen LogP contribution in [0.25, 0.3) is 0 Å². The standard InChI is InChI=1S/C15H14BrClFN/c1-9-5-10(7-12(18)6-9)15(19-2)13-8-11(16)3-4-14(13)17/h3-8,15,19H,1-2H3. The normalized spacial score (nSPS) is 12.5. The average Bonchev–Trinajstić information content (AvgIpc) is 2.33. The van der Waals surface area contributed by atoms with Crippen molar-refractivity contribution in [2.75, 3.05) is 7.05 Å². The Bertz CT molecular complexity index is 580. The fraction of sp³-hybridized carbons (Fsp3) is 0.200. The third-order valence-electron chi connectivity index (χ3n) is 2.96. The number of aryl methyl sites for hydroxylation is 1. The van der Waals surface area contributed by atoms with Crippen molar-refractivity contribution in [1.82, 2.24) is 5.32 Å². The van der Waals surface area contributed by atoms with Crippen LogP contribution in [0.5, 0.6) is 0 Å². The minimum Gasteiger partial charge on any atom is -0.309 e. The van der Waals surface area contributed by atoms with Crippen LogP contribution >= 0.6 is 27.5 Å². The Morgan fingerprint density at radius 1 is 1.21 bits per heavy atom. The molecule has 1 unspecified atom stereocenters. The maximum absolute atomic E-state index is 13.6. The molecule has 0 saturated heterocycles. The van der Waals surface area contributed by atoms with E-state index < -0.39 is 0 Å². The van der Waals surface area contributed by atoms with Gasteiger partial charge in [0.05, 0.1) is 6.04 Å². The lowest BCUT2D eigenvalue weighted by atomic mass is 9.97. The largest absolute Gasteiger partial charge is 0.309 e. The molecule has 0 aliphatic rings. The summed E-state index contributed by atoms with van der Waals surface area (Å²) in [7, 11) is 1.84. The van der Waals surface area contributed by atoms with Crippen LogP contribution in [-0.4, -0.2) is 7.05 Å². The summed E-state index contributed by atoms with van der Waals surface area (Å²) in [5, 5.41) is 3.84. The quantitative estimate of drug-likeness (QED) is 0.840. The fourth-order valence-electron chi connectivity index (χ4n) is 2.17. The smallest absolute Gasteiger partial charge is 0.123 e. The first-order chi connectivity index (χ1) is 9.01. The van der Waals surface area contributed by atoms with E-state index in [1.165, 1.54) is 12.1 Å². The van der Waals surface area contributed by atoms with Crippen molar-refractivity contribution >= 4 is 27.5 Å². The summed E-state index contributed by atoms with van der Waals surface area (Å²) < 4.78 is 14.5. The minimum atomic E-state index is -0.235. The van der Waals surface area contributed by atoms with Gasteiger partial charge in [0, 0.05) is 9.50 Å². The average molecular weight is 343 g/mol. The molecule has 4 heteroatoms. The number of halogens is 3. The lowest BCUT2D eigenvalue weighted by Crippen LogP contribution is -2.18. The third-order valence-corrected chi connectivity index (χ3v) is 3.79. The van der Waals surface area contributed by atoms with Crippen molar-refractivity contribution in [3.8, 4) is 0 Å². The molecule has 1 atom stereocenters. The van der Waals surface area contributed by atoms with Gasteiger partial charge >= 0.3 is 0 Å². The van der Waals surface area contributed by atoms with Gasteiger partial charge in [-0.25, -0.2) is 4.39 Å². The topological polar surface area (TPSA) is 12.0 Å². The molecular formula is C15H14BrClFN. The molecule has 0 radical (unpaired) electrons. The Morgan fingerprint density at radius 3 is 2.58 bits per heavy atom. The van der Waals surface area contributed by atoms with E-state index in [2.05, 4.69) is 21.2 Å². The second-order valence-electron chi connectivity index (χ2n) is 4.45. The molecule has 100 valence electrons. The number of hydrogen-bond acceptors (Lipinski definition) is 1. The first-order valence-corrected chi connectivity index (χ1v) is 7.07.